The summed E-state index contributed by atoms with van der Waals surface area (Å²) in [5, 5.41) is 0. The van der Waals surface area contributed by atoms with Gasteiger partial charge in [-0.15, -0.1) is 0 Å². The largest absolute Gasteiger partial charge is 0.465 e. The maximum absolute atomic E-state index is 11.5. The van der Waals surface area contributed by atoms with Crippen LogP contribution in [0.4, 0.5) is 4.39 Å². The first-order valence-electron chi connectivity index (χ1n) is 5.72. The molecule has 0 heterocycles. The molecular weight excluding hydrogens is 195 g/mol. The Kier molecular flexibility index (Phi) is 10.6. The average molecular weight is 216 g/mol. The lowest BCUT2D eigenvalue weighted by Gasteiger charge is -2.02. The van der Waals surface area contributed by atoms with E-state index in [9.17, 15) is 9.18 Å². The average Bonchev–Trinajstić information content (AvgIpc) is 2.25. The van der Waals surface area contributed by atoms with Crippen LogP contribution in [0, 0.1) is 0 Å². The molecule has 2 nitrogen and oxygen atoms in total. The molecule has 0 aliphatic carbocycles. The van der Waals surface area contributed by atoms with Gasteiger partial charge in [-0.05, 0) is 12.5 Å². The Bertz CT molecular complexity index is 178. The molecule has 0 fully saturated rings. The van der Waals surface area contributed by atoms with E-state index in [1.807, 2.05) is 0 Å². The Morgan fingerprint density at radius 2 is 1.87 bits per heavy atom. The van der Waals surface area contributed by atoms with Crippen LogP contribution in [0.15, 0.2) is 12.4 Å². The predicted octanol–water partition coefficient (Wildman–Crippen LogP) is 3.76. The van der Waals surface area contributed by atoms with E-state index < -0.39 is 0 Å². The van der Waals surface area contributed by atoms with E-state index in [2.05, 4.69) is 6.92 Å². The second kappa shape index (κ2) is 11.2. The van der Waals surface area contributed by atoms with Crippen molar-refractivity contribution in [1.82, 2.24) is 0 Å². The number of rotatable bonds is 9. The number of unbranched alkanes of at least 4 members (excludes halogenated alkanes) is 5. The van der Waals surface area contributed by atoms with Gasteiger partial charge in [-0.25, -0.2) is 4.39 Å². The minimum absolute atomic E-state index is 0.0341. The molecule has 0 aliphatic rings. The van der Waals surface area contributed by atoms with E-state index in [0.29, 0.717) is 12.9 Å². The van der Waals surface area contributed by atoms with Crippen molar-refractivity contribution in [1.29, 1.82) is 0 Å². The zero-order valence-corrected chi connectivity index (χ0v) is 9.51. The van der Waals surface area contributed by atoms with Gasteiger partial charge in [-0.1, -0.05) is 39.0 Å². The summed E-state index contributed by atoms with van der Waals surface area (Å²) in [5.74, 6) is -0.350. The Hall–Kier alpha value is -0.860. The zero-order chi connectivity index (χ0) is 11.4. The summed E-state index contributed by atoms with van der Waals surface area (Å²) >= 11 is 0. The topological polar surface area (TPSA) is 26.3 Å². The smallest absolute Gasteiger partial charge is 0.309 e. The molecule has 0 saturated heterocycles. The van der Waals surface area contributed by atoms with Crippen LogP contribution in [0.1, 0.15) is 51.9 Å². The summed E-state index contributed by atoms with van der Waals surface area (Å²) in [6.45, 7) is 2.64. The van der Waals surface area contributed by atoms with Crippen LogP contribution in [0.3, 0.4) is 0 Å². The molecule has 0 spiro atoms. The van der Waals surface area contributed by atoms with Gasteiger partial charge < -0.3 is 4.74 Å². The highest BCUT2D eigenvalue weighted by Crippen LogP contribution is 2.05. The van der Waals surface area contributed by atoms with Gasteiger partial charge in [0.15, 0.2) is 0 Å². The fourth-order valence-corrected chi connectivity index (χ4v) is 1.27. The van der Waals surface area contributed by atoms with Crippen molar-refractivity contribution in [2.45, 2.75) is 51.9 Å². The van der Waals surface area contributed by atoms with E-state index in [4.69, 9.17) is 4.74 Å². The molecule has 0 N–H and O–H groups in total. The molecule has 88 valence electrons. The maximum atomic E-state index is 11.5. The lowest BCUT2D eigenvalue weighted by atomic mass is 10.1. The Balaban J connectivity index is 3.13. The number of halogens is 1. The fraction of sp³-hybridized carbons (Fsp3) is 0.750. The summed E-state index contributed by atoms with van der Waals surface area (Å²) in [4.78, 5) is 10.9. The van der Waals surface area contributed by atoms with Crippen LogP contribution in [0.25, 0.3) is 0 Å². The molecule has 15 heavy (non-hydrogen) atoms. The van der Waals surface area contributed by atoms with Gasteiger partial charge in [-0.3, -0.25) is 4.79 Å². The number of carbonyl (C=O) groups excluding carboxylic acids is 1. The van der Waals surface area contributed by atoms with Gasteiger partial charge in [0.05, 0.1) is 19.4 Å². The highest BCUT2D eigenvalue weighted by atomic mass is 19.1. The lowest BCUT2D eigenvalue weighted by molar-refractivity contribution is -0.142. The second-order valence-corrected chi connectivity index (χ2v) is 3.55. The first-order valence-corrected chi connectivity index (χ1v) is 5.72. The van der Waals surface area contributed by atoms with Crippen molar-refractivity contribution in [3.8, 4) is 0 Å². The second-order valence-electron chi connectivity index (χ2n) is 3.55. The van der Waals surface area contributed by atoms with Crippen LogP contribution < -0.4 is 0 Å². The predicted molar refractivity (Wildman–Crippen MR) is 59.2 cm³/mol. The van der Waals surface area contributed by atoms with Crippen LogP contribution in [-0.4, -0.2) is 12.6 Å². The van der Waals surface area contributed by atoms with Crippen LogP contribution >= 0.6 is 0 Å². The molecule has 0 aliphatic heterocycles. The molecule has 0 amide bonds. The minimum atomic E-state index is -0.350. The standard InChI is InChI=1S/C12H21FO2/c1-2-3-4-5-6-7-11-15-12(14)9-8-10-13/h8,10H,2-7,9,11H2,1H3/b10-8-. The number of esters is 1. The van der Waals surface area contributed by atoms with Crippen molar-refractivity contribution in [3.05, 3.63) is 12.4 Å². The Morgan fingerprint density at radius 1 is 1.20 bits per heavy atom. The molecule has 0 radical (unpaired) electrons. The third-order valence-corrected chi connectivity index (χ3v) is 2.13. The zero-order valence-electron chi connectivity index (χ0n) is 9.51. The van der Waals surface area contributed by atoms with Crippen LogP contribution in [-0.2, 0) is 9.53 Å². The molecule has 0 aromatic carbocycles. The molecule has 3 heteroatoms. The highest BCUT2D eigenvalue weighted by Gasteiger charge is 1.98. The minimum Gasteiger partial charge on any atom is -0.465 e. The number of hydrogen-bond donors (Lipinski definition) is 0. The fourth-order valence-electron chi connectivity index (χ4n) is 1.27. The Morgan fingerprint density at radius 3 is 2.53 bits per heavy atom. The molecular formula is C12H21FO2. The van der Waals surface area contributed by atoms with Gasteiger partial charge in [0.1, 0.15) is 0 Å². The normalized spacial score (nSPS) is 10.8. The van der Waals surface area contributed by atoms with E-state index >= 15 is 0 Å². The van der Waals surface area contributed by atoms with Gasteiger partial charge in [0.2, 0.25) is 0 Å². The van der Waals surface area contributed by atoms with E-state index in [0.717, 1.165) is 18.9 Å². The van der Waals surface area contributed by atoms with Crippen LogP contribution in [0.2, 0.25) is 0 Å². The third-order valence-electron chi connectivity index (χ3n) is 2.13. The van der Waals surface area contributed by atoms with Crippen LogP contribution in [0.5, 0.6) is 0 Å². The first kappa shape index (κ1) is 14.1. The highest BCUT2D eigenvalue weighted by molar-refractivity contribution is 5.70. The van der Waals surface area contributed by atoms with Gasteiger partial charge in [0, 0.05) is 0 Å². The maximum Gasteiger partial charge on any atom is 0.309 e. The molecule has 0 aromatic rings. The van der Waals surface area contributed by atoms with Gasteiger partial charge in [-0.2, -0.15) is 0 Å². The molecule has 0 saturated carbocycles. The van der Waals surface area contributed by atoms with Crippen molar-refractivity contribution in [2.24, 2.45) is 0 Å². The summed E-state index contributed by atoms with van der Waals surface area (Å²) in [6, 6.07) is 0. The molecule has 0 rings (SSSR count). The number of ether oxygens (including phenoxy) is 1. The molecule has 0 atom stereocenters. The lowest BCUT2D eigenvalue weighted by Crippen LogP contribution is -2.04. The summed E-state index contributed by atoms with van der Waals surface area (Å²) in [5.41, 5.74) is 0. The SMILES string of the molecule is CCCCCCCCOC(=O)C/C=C\F. The third kappa shape index (κ3) is 11.1. The summed E-state index contributed by atoms with van der Waals surface area (Å²) in [7, 11) is 0. The van der Waals surface area contributed by atoms with Gasteiger partial charge >= 0.3 is 5.97 Å². The van der Waals surface area contributed by atoms with Crippen molar-refractivity contribution < 1.29 is 13.9 Å². The summed E-state index contributed by atoms with van der Waals surface area (Å²) < 4.78 is 16.4. The quantitative estimate of drug-likeness (QED) is 0.433. The van der Waals surface area contributed by atoms with E-state index in [1.165, 1.54) is 25.7 Å². The number of carbonyl (C=O) groups is 1. The van der Waals surface area contributed by atoms with Crippen molar-refractivity contribution in [2.75, 3.05) is 6.61 Å². The Labute approximate surface area is 91.5 Å². The monoisotopic (exact) mass is 216 g/mol. The molecule has 0 bridgehead atoms. The summed E-state index contributed by atoms with van der Waals surface area (Å²) in [6.07, 6.45) is 8.55. The van der Waals surface area contributed by atoms with E-state index in [1.54, 1.807) is 0 Å². The van der Waals surface area contributed by atoms with Gasteiger partial charge in [0.25, 0.3) is 0 Å². The first-order chi connectivity index (χ1) is 7.31. The molecule has 0 unspecified atom stereocenters. The van der Waals surface area contributed by atoms with Crippen molar-refractivity contribution in [3.63, 3.8) is 0 Å². The van der Waals surface area contributed by atoms with Crippen molar-refractivity contribution >= 4 is 5.97 Å². The van der Waals surface area contributed by atoms with E-state index in [-0.39, 0.29) is 12.4 Å². The molecule has 0 aromatic heterocycles. The number of hydrogen-bond acceptors (Lipinski definition) is 2.